The van der Waals surface area contributed by atoms with Crippen LogP contribution in [-0.4, -0.2) is 17.7 Å². The summed E-state index contributed by atoms with van der Waals surface area (Å²) in [6, 6.07) is 7.90. The SMILES string of the molecule is C[C@@H](N)C(=O)NC1CCSc2ccccc21.Cl. The molecule has 1 heterocycles. The quantitative estimate of drug-likeness (QED) is 0.867. The fourth-order valence-corrected chi connectivity index (χ4v) is 2.92. The zero-order valence-corrected chi connectivity index (χ0v) is 11.3. The number of fused-ring (bicyclic) bond motifs is 1. The Morgan fingerprint density at radius 2 is 2.24 bits per heavy atom. The predicted molar refractivity (Wildman–Crippen MR) is 73.6 cm³/mol. The van der Waals surface area contributed by atoms with Gasteiger partial charge in [0.05, 0.1) is 12.1 Å². The van der Waals surface area contributed by atoms with Crippen molar-refractivity contribution in [1.82, 2.24) is 5.32 Å². The van der Waals surface area contributed by atoms with Crippen LogP contribution in [0.25, 0.3) is 0 Å². The van der Waals surface area contributed by atoms with E-state index in [1.807, 2.05) is 23.9 Å². The van der Waals surface area contributed by atoms with Crippen molar-refractivity contribution in [3.63, 3.8) is 0 Å². The number of nitrogens with one attached hydrogen (secondary N) is 1. The minimum absolute atomic E-state index is 0. The number of nitrogens with two attached hydrogens (primary N) is 1. The molecule has 0 bridgehead atoms. The minimum Gasteiger partial charge on any atom is -0.348 e. The summed E-state index contributed by atoms with van der Waals surface area (Å²) in [5.74, 6) is 0.965. The maximum Gasteiger partial charge on any atom is 0.237 e. The fourth-order valence-electron chi connectivity index (χ4n) is 1.80. The highest BCUT2D eigenvalue weighted by Gasteiger charge is 2.22. The average Bonchev–Trinajstić information content (AvgIpc) is 2.29. The van der Waals surface area contributed by atoms with Gasteiger partial charge in [-0.25, -0.2) is 0 Å². The molecule has 1 amide bonds. The van der Waals surface area contributed by atoms with Crippen molar-refractivity contribution >= 4 is 30.1 Å². The third kappa shape index (κ3) is 3.37. The van der Waals surface area contributed by atoms with Gasteiger partial charge in [0, 0.05) is 10.6 Å². The molecule has 2 rings (SSSR count). The van der Waals surface area contributed by atoms with E-state index in [0.29, 0.717) is 0 Å². The molecule has 1 aliphatic heterocycles. The van der Waals surface area contributed by atoms with Gasteiger partial charge in [-0.05, 0) is 25.0 Å². The Hall–Kier alpha value is -0.710. The number of thioether (sulfide) groups is 1. The number of halogens is 1. The Kier molecular flexibility index (Phi) is 5.31. The first-order chi connectivity index (χ1) is 7.68. The molecule has 3 N–H and O–H groups in total. The maximum absolute atomic E-state index is 11.6. The van der Waals surface area contributed by atoms with Gasteiger partial charge < -0.3 is 11.1 Å². The molecule has 1 aromatic rings. The molecule has 3 nitrogen and oxygen atoms in total. The Morgan fingerprint density at radius 1 is 1.53 bits per heavy atom. The summed E-state index contributed by atoms with van der Waals surface area (Å²) >= 11 is 1.85. The van der Waals surface area contributed by atoms with Gasteiger partial charge in [0.25, 0.3) is 0 Å². The third-order valence-corrected chi connectivity index (χ3v) is 3.81. The second-order valence-corrected chi connectivity index (χ2v) is 5.16. The largest absolute Gasteiger partial charge is 0.348 e. The molecule has 0 radical (unpaired) electrons. The van der Waals surface area contributed by atoms with E-state index in [4.69, 9.17) is 5.73 Å². The van der Waals surface area contributed by atoms with E-state index in [9.17, 15) is 4.79 Å². The molecule has 5 heteroatoms. The number of rotatable bonds is 2. The van der Waals surface area contributed by atoms with Gasteiger partial charge in [-0.2, -0.15) is 0 Å². The molecule has 0 aliphatic carbocycles. The summed E-state index contributed by atoms with van der Waals surface area (Å²) < 4.78 is 0. The molecule has 0 aromatic heterocycles. The van der Waals surface area contributed by atoms with Crippen molar-refractivity contribution in [2.24, 2.45) is 5.73 Å². The van der Waals surface area contributed by atoms with Crippen molar-refractivity contribution in [3.05, 3.63) is 29.8 Å². The molecule has 1 aliphatic rings. The zero-order valence-electron chi connectivity index (χ0n) is 9.68. The van der Waals surface area contributed by atoms with Crippen LogP contribution in [0.3, 0.4) is 0 Å². The molecule has 2 atom stereocenters. The van der Waals surface area contributed by atoms with E-state index in [0.717, 1.165) is 12.2 Å². The highest BCUT2D eigenvalue weighted by molar-refractivity contribution is 7.99. The smallest absolute Gasteiger partial charge is 0.237 e. The topological polar surface area (TPSA) is 55.1 Å². The Morgan fingerprint density at radius 3 is 2.94 bits per heavy atom. The van der Waals surface area contributed by atoms with Crippen molar-refractivity contribution < 1.29 is 4.79 Å². The minimum atomic E-state index is -0.443. The summed E-state index contributed by atoms with van der Waals surface area (Å²) in [6.45, 7) is 1.71. The van der Waals surface area contributed by atoms with Crippen LogP contribution in [0.4, 0.5) is 0 Å². The first-order valence-corrected chi connectivity index (χ1v) is 6.44. The van der Waals surface area contributed by atoms with Crippen LogP contribution in [-0.2, 0) is 4.79 Å². The maximum atomic E-state index is 11.6. The molecule has 17 heavy (non-hydrogen) atoms. The molecular formula is C12H17ClN2OS. The Balaban J connectivity index is 0.00000144. The third-order valence-electron chi connectivity index (χ3n) is 2.69. The first-order valence-electron chi connectivity index (χ1n) is 5.46. The molecule has 0 saturated carbocycles. The predicted octanol–water partition coefficient (Wildman–Crippen LogP) is 2.11. The van der Waals surface area contributed by atoms with Gasteiger partial charge in [0.2, 0.25) is 5.91 Å². The lowest BCUT2D eigenvalue weighted by Gasteiger charge is -2.26. The second kappa shape index (κ2) is 6.28. The summed E-state index contributed by atoms with van der Waals surface area (Å²) in [5, 5.41) is 3.00. The molecule has 0 fully saturated rings. The zero-order chi connectivity index (χ0) is 11.5. The number of benzene rings is 1. The summed E-state index contributed by atoms with van der Waals surface area (Å²) in [5.41, 5.74) is 6.77. The molecule has 94 valence electrons. The molecule has 0 spiro atoms. The van der Waals surface area contributed by atoms with Gasteiger partial charge in [0.1, 0.15) is 0 Å². The average molecular weight is 273 g/mol. The molecular weight excluding hydrogens is 256 g/mol. The van der Waals surface area contributed by atoms with Gasteiger partial charge in [-0.15, -0.1) is 24.2 Å². The molecule has 1 aromatic carbocycles. The monoisotopic (exact) mass is 272 g/mol. The van der Waals surface area contributed by atoms with E-state index in [-0.39, 0.29) is 24.4 Å². The van der Waals surface area contributed by atoms with E-state index in [1.54, 1.807) is 6.92 Å². The van der Waals surface area contributed by atoms with E-state index >= 15 is 0 Å². The first kappa shape index (κ1) is 14.4. The number of hydrogen-bond acceptors (Lipinski definition) is 3. The van der Waals surface area contributed by atoms with Crippen LogP contribution in [0.2, 0.25) is 0 Å². The Labute approximate surface area is 112 Å². The van der Waals surface area contributed by atoms with E-state index in [1.165, 1.54) is 10.5 Å². The number of carbonyl (C=O) groups is 1. The van der Waals surface area contributed by atoms with Crippen LogP contribution in [0.1, 0.15) is 24.9 Å². The molecule has 1 unspecified atom stereocenters. The van der Waals surface area contributed by atoms with Crippen molar-refractivity contribution in [3.8, 4) is 0 Å². The van der Waals surface area contributed by atoms with Crippen LogP contribution >= 0.6 is 24.2 Å². The van der Waals surface area contributed by atoms with Gasteiger partial charge in [-0.3, -0.25) is 4.79 Å². The van der Waals surface area contributed by atoms with E-state index < -0.39 is 6.04 Å². The standard InChI is InChI=1S/C12H16N2OS.ClH/c1-8(13)12(15)14-10-6-7-16-11-5-3-2-4-9(10)11;/h2-5,8,10H,6-7,13H2,1H3,(H,14,15);1H/t8-,10?;/m1./s1. The summed E-state index contributed by atoms with van der Waals surface area (Å²) in [6.07, 6.45) is 0.972. The fraction of sp³-hybridized carbons (Fsp3) is 0.417. The normalized spacial score (nSPS) is 19.8. The van der Waals surface area contributed by atoms with Crippen LogP contribution in [0.15, 0.2) is 29.2 Å². The van der Waals surface area contributed by atoms with Crippen LogP contribution in [0, 0.1) is 0 Å². The highest BCUT2D eigenvalue weighted by atomic mass is 35.5. The summed E-state index contributed by atoms with van der Waals surface area (Å²) in [4.78, 5) is 12.8. The summed E-state index contributed by atoms with van der Waals surface area (Å²) in [7, 11) is 0. The van der Waals surface area contributed by atoms with Gasteiger partial charge in [-0.1, -0.05) is 18.2 Å². The number of carbonyl (C=O) groups excluding carboxylic acids is 1. The second-order valence-electron chi connectivity index (χ2n) is 4.02. The van der Waals surface area contributed by atoms with Gasteiger partial charge >= 0.3 is 0 Å². The van der Waals surface area contributed by atoms with Crippen molar-refractivity contribution in [2.45, 2.75) is 30.3 Å². The number of hydrogen-bond donors (Lipinski definition) is 2. The lowest BCUT2D eigenvalue weighted by molar-refractivity contribution is -0.122. The van der Waals surface area contributed by atoms with Crippen molar-refractivity contribution in [1.29, 1.82) is 0 Å². The van der Waals surface area contributed by atoms with Crippen molar-refractivity contribution in [2.75, 3.05) is 5.75 Å². The van der Waals surface area contributed by atoms with Crippen LogP contribution < -0.4 is 11.1 Å². The van der Waals surface area contributed by atoms with Gasteiger partial charge in [0.15, 0.2) is 0 Å². The van der Waals surface area contributed by atoms with E-state index in [2.05, 4.69) is 17.4 Å². The Bertz CT molecular complexity index is 398. The lowest BCUT2D eigenvalue weighted by atomic mass is 10.0. The lowest BCUT2D eigenvalue weighted by Crippen LogP contribution is -2.41. The molecule has 0 saturated heterocycles. The highest BCUT2D eigenvalue weighted by Crippen LogP contribution is 2.35. The number of amides is 1. The van der Waals surface area contributed by atoms with Crippen LogP contribution in [0.5, 0.6) is 0 Å².